The first-order chi connectivity index (χ1) is 12.8. The highest BCUT2D eigenvalue weighted by atomic mass is 35.5. The molecule has 2 N–H and O–H groups in total. The highest BCUT2D eigenvalue weighted by molar-refractivity contribution is 6.30. The Balaban J connectivity index is 1.72. The molecule has 1 fully saturated rings. The highest BCUT2D eigenvalue weighted by Crippen LogP contribution is 2.36. The van der Waals surface area contributed by atoms with Gasteiger partial charge in [0.25, 0.3) is 5.91 Å². The molecule has 1 aliphatic rings. The van der Waals surface area contributed by atoms with Gasteiger partial charge in [0.2, 0.25) is 0 Å². The summed E-state index contributed by atoms with van der Waals surface area (Å²) in [5, 5.41) is 5.33. The molecule has 1 unspecified atom stereocenters. The van der Waals surface area contributed by atoms with Crippen molar-refractivity contribution in [3.8, 4) is 0 Å². The van der Waals surface area contributed by atoms with Gasteiger partial charge >= 0.3 is 6.18 Å². The molecule has 1 atom stereocenters. The SMILES string of the molecule is O=C(Nc1ccc(Cl)cc1C(F)(F)F)c1cc(NCC2CCCO2)ccn1. The molecule has 1 aliphatic heterocycles. The number of amides is 1. The third kappa shape index (κ3) is 5.11. The molecule has 1 saturated heterocycles. The van der Waals surface area contributed by atoms with Crippen LogP contribution in [0.1, 0.15) is 28.9 Å². The van der Waals surface area contributed by atoms with Crippen LogP contribution in [0.3, 0.4) is 0 Å². The van der Waals surface area contributed by atoms with E-state index in [4.69, 9.17) is 16.3 Å². The Kier molecular flexibility index (Phi) is 5.86. The zero-order chi connectivity index (χ0) is 19.4. The van der Waals surface area contributed by atoms with Crippen LogP contribution < -0.4 is 10.6 Å². The summed E-state index contributed by atoms with van der Waals surface area (Å²) in [5.74, 6) is -0.747. The molecule has 0 saturated carbocycles. The van der Waals surface area contributed by atoms with E-state index in [9.17, 15) is 18.0 Å². The number of ether oxygens (including phenoxy) is 1. The predicted octanol–water partition coefficient (Wildman–Crippen LogP) is 4.60. The number of pyridine rings is 1. The average molecular weight is 400 g/mol. The van der Waals surface area contributed by atoms with E-state index in [-0.39, 0.29) is 22.5 Å². The van der Waals surface area contributed by atoms with E-state index in [0.717, 1.165) is 31.6 Å². The maximum absolute atomic E-state index is 13.1. The molecule has 0 spiro atoms. The van der Waals surface area contributed by atoms with E-state index in [2.05, 4.69) is 15.6 Å². The number of anilines is 2. The molecular formula is C18H17ClF3N3O2. The van der Waals surface area contributed by atoms with Crippen molar-refractivity contribution >= 4 is 28.9 Å². The van der Waals surface area contributed by atoms with Crippen LogP contribution in [0, 0.1) is 0 Å². The van der Waals surface area contributed by atoms with Gasteiger partial charge in [-0.05, 0) is 43.2 Å². The molecule has 1 amide bonds. The first-order valence-corrected chi connectivity index (χ1v) is 8.70. The number of benzene rings is 1. The molecule has 5 nitrogen and oxygen atoms in total. The molecule has 1 aromatic carbocycles. The molecule has 2 aromatic rings. The average Bonchev–Trinajstić information content (AvgIpc) is 3.14. The van der Waals surface area contributed by atoms with Crippen LogP contribution in [-0.2, 0) is 10.9 Å². The lowest BCUT2D eigenvalue weighted by atomic mass is 10.1. The van der Waals surface area contributed by atoms with Crippen molar-refractivity contribution in [2.75, 3.05) is 23.8 Å². The minimum atomic E-state index is -4.65. The number of carbonyl (C=O) groups excluding carboxylic acids is 1. The molecule has 27 heavy (non-hydrogen) atoms. The monoisotopic (exact) mass is 399 g/mol. The summed E-state index contributed by atoms with van der Waals surface area (Å²) < 4.78 is 44.9. The molecule has 9 heteroatoms. The van der Waals surface area contributed by atoms with Crippen LogP contribution in [0.15, 0.2) is 36.5 Å². The van der Waals surface area contributed by atoms with Crippen molar-refractivity contribution < 1.29 is 22.7 Å². The number of rotatable bonds is 5. The van der Waals surface area contributed by atoms with Gasteiger partial charge in [-0.2, -0.15) is 13.2 Å². The van der Waals surface area contributed by atoms with Gasteiger partial charge in [-0.1, -0.05) is 11.6 Å². The first-order valence-electron chi connectivity index (χ1n) is 8.32. The largest absolute Gasteiger partial charge is 0.418 e. The van der Waals surface area contributed by atoms with Crippen molar-refractivity contribution in [1.29, 1.82) is 0 Å². The minimum Gasteiger partial charge on any atom is -0.382 e. The summed E-state index contributed by atoms with van der Waals surface area (Å²) >= 11 is 5.64. The van der Waals surface area contributed by atoms with Crippen LogP contribution in [-0.4, -0.2) is 30.1 Å². The van der Waals surface area contributed by atoms with Crippen LogP contribution in [0.4, 0.5) is 24.5 Å². The number of halogens is 4. The second kappa shape index (κ2) is 8.14. The van der Waals surface area contributed by atoms with Gasteiger partial charge in [-0.25, -0.2) is 0 Å². The van der Waals surface area contributed by atoms with E-state index >= 15 is 0 Å². The molecule has 0 aliphatic carbocycles. The second-order valence-corrected chi connectivity index (χ2v) is 6.52. The van der Waals surface area contributed by atoms with Crippen LogP contribution in [0.25, 0.3) is 0 Å². The number of alkyl halides is 3. The van der Waals surface area contributed by atoms with Gasteiger partial charge in [0.15, 0.2) is 0 Å². The van der Waals surface area contributed by atoms with Crippen molar-refractivity contribution in [2.45, 2.75) is 25.1 Å². The number of aromatic nitrogens is 1. The number of carbonyl (C=O) groups is 1. The third-order valence-electron chi connectivity index (χ3n) is 4.09. The zero-order valence-electron chi connectivity index (χ0n) is 14.1. The minimum absolute atomic E-state index is 0.00425. The topological polar surface area (TPSA) is 63.2 Å². The fraction of sp³-hybridized carbons (Fsp3) is 0.333. The third-order valence-corrected chi connectivity index (χ3v) is 4.32. The smallest absolute Gasteiger partial charge is 0.382 e. The van der Waals surface area contributed by atoms with Crippen molar-refractivity contribution in [2.24, 2.45) is 0 Å². The lowest BCUT2D eigenvalue weighted by Gasteiger charge is -2.15. The van der Waals surface area contributed by atoms with Gasteiger partial charge < -0.3 is 15.4 Å². The van der Waals surface area contributed by atoms with Crippen LogP contribution in [0.5, 0.6) is 0 Å². The van der Waals surface area contributed by atoms with E-state index in [1.54, 1.807) is 6.07 Å². The molecule has 2 heterocycles. The normalized spacial score (nSPS) is 17.0. The second-order valence-electron chi connectivity index (χ2n) is 6.09. The van der Waals surface area contributed by atoms with Crippen LogP contribution >= 0.6 is 11.6 Å². The number of nitrogens with one attached hydrogen (secondary N) is 2. The molecule has 0 bridgehead atoms. The number of hydrogen-bond donors (Lipinski definition) is 2. The highest BCUT2D eigenvalue weighted by Gasteiger charge is 2.34. The van der Waals surface area contributed by atoms with Gasteiger partial charge in [0.1, 0.15) is 5.69 Å². The standard InChI is InChI=1S/C18H17ClF3N3O2/c19-11-3-4-15(14(8-11)18(20,21)22)25-17(26)16-9-12(5-6-23-16)24-10-13-2-1-7-27-13/h3-6,8-9,13H,1-2,7,10H2,(H,23,24)(H,25,26). The Labute approximate surface area is 158 Å². The fourth-order valence-electron chi connectivity index (χ4n) is 2.75. The summed E-state index contributed by atoms with van der Waals surface area (Å²) in [4.78, 5) is 16.3. The molecule has 3 rings (SSSR count). The maximum Gasteiger partial charge on any atom is 0.418 e. The van der Waals surface area contributed by atoms with Crippen molar-refractivity contribution in [3.63, 3.8) is 0 Å². The van der Waals surface area contributed by atoms with Crippen molar-refractivity contribution in [3.05, 3.63) is 52.8 Å². The number of nitrogens with zero attached hydrogens (tertiary/aromatic N) is 1. The van der Waals surface area contributed by atoms with Crippen molar-refractivity contribution in [1.82, 2.24) is 4.98 Å². The summed E-state index contributed by atoms with van der Waals surface area (Å²) in [6.07, 6.45) is -1.15. The van der Waals surface area contributed by atoms with Gasteiger partial charge in [-0.3, -0.25) is 9.78 Å². The quantitative estimate of drug-likeness (QED) is 0.771. The summed E-state index contributed by atoms with van der Waals surface area (Å²) in [7, 11) is 0. The molecule has 1 aromatic heterocycles. The fourth-order valence-corrected chi connectivity index (χ4v) is 2.92. The molecule has 144 valence electrons. The zero-order valence-corrected chi connectivity index (χ0v) is 14.9. The number of hydrogen-bond acceptors (Lipinski definition) is 4. The van der Waals surface area contributed by atoms with Gasteiger partial charge in [-0.15, -0.1) is 0 Å². The Morgan fingerprint density at radius 2 is 2.11 bits per heavy atom. The van der Waals surface area contributed by atoms with E-state index in [0.29, 0.717) is 12.2 Å². The van der Waals surface area contributed by atoms with E-state index in [1.807, 2.05) is 0 Å². The molecule has 0 radical (unpaired) electrons. The van der Waals surface area contributed by atoms with E-state index in [1.165, 1.54) is 18.3 Å². The van der Waals surface area contributed by atoms with Gasteiger partial charge in [0, 0.05) is 30.1 Å². The van der Waals surface area contributed by atoms with Gasteiger partial charge in [0.05, 0.1) is 17.4 Å². The van der Waals surface area contributed by atoms with E-state index < -0.39 is 17.6 Å². The Morgan fingerprint density at radius 1 is 1.30 bits per heavy atom. The Bertz CT molecular complexity index is 824. The Morgan fingerprint density at radius 3 is 2.81 bits per heavy atom. The summed E-state index contributed by atoms with van der Waals surface area (Å²) in [6.45, 7) is 1.32. The van der Waals surface area contributed by atoms with Crippen LogP contribution in [0.2, 0.25) is 5.02 Å². The predicted molar refractivity (Wildman–Crippen MR) is 96.1 cm³/mol. The summed E-state index contributed by atoms with van der Waals surface area (Å²) in [5.41, 5.74) is -0.763. The maximum atomic E-state index is 13.1. The lowest BCUT2D eigenvalue weighted by Crippen LogP contribution is -2.20. The lowest BCUT2D eigenvalue weighted by molar-refractivity contribution is -0.136. The molecular weight excluding hydrogens is 383 g/mol. The Hall–Kier alpha value is -2.32. The summed E-state index contributed by atoms with van der Waals surface area (Å²) in [6, 6.07) is 6.31. The first kappa shape index (κ1) is 19.4.